The van der Waals surface area contributed by atoms with Crippen LogP contribution in [-0.4, -0.2) is 44.3 Å². The molecule has 0 saturated carbocycles. The van der Waals surface area contributed by atoms with Gasteiger partial charge in [0.2, 0.25) is 0 Å². The zero-order valence-electron chi connectivity index (χ0n) is 16.0. The molecular weight excluding hydrogens is 424 g/mol. The maximum Gasteiger partial charge on any atom is 0.340 e. The SMILES string of the molecule is O=C(O)c1cccc(Oc2ccccc2Oc2cccc(C(=O)O)c2C(=O)O)c1C(=O)O. The van der Waals surface area contributed by atoms with Crippen molar-refractivity contribution >= 4 is 23.9 Å². The van der Waals surface area contributed by atoms with E-state index in [1.165, 1.54) is 48.5 Å². The van der Waals surface area contributed by atoms with Crippen molar-refractivity contribution in [2.45, 2.75) is 0 Å². The van der Waals surface area contributed by atoms with Crippen LogP contribution in [0.4, 0.5) is 0 Å². The number of carbonyl (C=O) groups is 4. The summed E-state index contributed by atoms with van der Waals surface area (Å²) in [5, 5.41) is 37.4. The molecule has 0 aliphatic rings. The molecule has 0 fully saturated rings. The number of ether oxygens (including phenoxy) is 2. The minimum atomic E-state index is -1.53. The Hall–Kier alpha value is -4.86. The number of carboxylic acid groups (broad SMARTS) is 4. The van der Waals surface area contributed by atoms with Gasteiger partial charge >= 0.3 is 23.9 Å². The summed E-state index contributed by atoms with van der Waals surface area (Å²) >= 11 is 0. The summed E-state index contributed by atoms with van der Waals surface area (Å²) < 4.78 is 11.2. The fourth-order valence-corrected chi connectivity index (χ4v) is 2.89. The van der Waals surface area contributed by atoms with Gasteiger partial charge in [-0.15, -0.1) is 0 Å². The minimum Gasteiger partial charge on any atom is -0.478 e. The molecule has 162 valence electrons. The quantitative estimate of drug-likeness (QED) is 0.402. The smallest absolute Gasteiger partial charge is 0.340 e. The summed E-state index contributed by atoms with van der Waals surface area (Å²) in [5.74, 6) is -6.68. The number of hydrogen-bond acceptors (Lipinski definition) is 6. The summed E-state index contributed by atoms with van der Waals surface area (Å²) in [7, 11) is 0. The van der Waals surface area contributed by atoms with Crippen LogP contribution in [0.25, 0.3) is 0 Å². The molecule has 3 aromatic carbocycles. The lowest BCUT2D eigenvalue weighted by atomic mass is 10.1. The predicted octanol–water partition coefficient (Wildman–Crippen LogP) is 4.06. The number of carboxylic acids is 4. The maximum absolute atomic E-state index is 11.6. The van der Waals surface area contributed by atoms with Crippen LogP contribution >= 0.6 is 0 Å². The van der Waals surface area contributed by atoms with Crippen LogP contribution in [0.5, 0.6) is 23.0 Å². The van der Waals surface area contributed by atoms with Crippen LogP contribution in [0.15, 0.2) is 60.7 Å². The van der Waals surface area contributed by atoms with E-state index in [4.69, 9.17) is 9.47 Å². The number of para-hydroxylation sites is 2. The largest absolute Gasteiger partial charge is 0.478 e. The van der Waals surface area contributed by atoms with Gasteiger partial charge in [-0.3, -0.25) is 0 Å². The molecule has 0 heterocycles. The highest BCUT2D eigenvalue weighted by Crippen LogP contribution is 2.38. The predicted molar refractivity (Wildman–Crippen MR) is 107 cm³/mol. The van der Waals surface area contributed by atoms with Crippen molar-refractivity contribution in [2.24, 2.45) is 0 Å². The third-order valence-corrected chi connectivity index (χ3v) is 4.23. The van der Waals surface area contributed by atoms with Gasteiger partial charge in [0, 0.05) is 0 Å². The summed E-state index contributed by atoms with van der Waals surface area (Å²) in [6, 6.07) is 13.1. The monoisotopic (exact) mass is 438 g/mol. The van der Waals surface area contributed by atoms with Gasteiger partial charge in [0.1, 0.15) is 22.6 Å². The summed E-state index contributed by atoms with van der Waals surface area (Å²) in [5.41, 5.74) is -2.16. The highest BCUT2D eigenvalue weighted by Gasteiger charge is 2.24. The van der Waals surface area contributed by atoms with Gasteiger partial charge in [-0.25, -0.2) is 19.2 Å². The molecule has 10 nitrogen and oxygen atoms in total. The highest BCUT2D eigenvalue weighted by atomic mass is 16.5. The normalized spacial score (nSPS) is 10.2. The molecule has 0 amide bonds. The van der Waals surface area contributed by atoms with E-state index < -0.39 is 46.1 Å². The average Bonchev–Trinajstić information content (AvgIpc) is 2.74. The van der Waals surface area contributed by atoms with Crippen LogP contribution < -0.4 is 9.47 Å². The molecule has 0 atom stereocenters. The van der Waals surface area contributed by atoms with E-state index in [1.807, 2.05) is 0 Å². The molecule has 0 unspecified atom stereocenters. The van der Waals surface area contributed by atoms with E-state index in [1.54, 1.807) is 0 Å². The number of benzene rings is 3. The molecular formula is C22H14O10. The molecule has 0 radical (unpaired) electrons. The Morgan fingerprint density at radius 2 is 0.812 bits per heavy atom. The van der Waals surface area contributed by atoms with Crippen molar-refractivity contribution in [1.29, 1.82) is 0 Å². The number of aromatic carboxylic acids is 4. The molecule has 0 aliphatic carbocycles. The Balaban J connectivity index is 2.07. The lowest BCUT2D eigenvalue weighted by molar-refractivity contribution is 0.0648. The van der Waals surface area contributed by atoms with Crippen molar-refractivity contribution in [3.8, 4) is 23.0 Å². The first-order valence-electron chi connectivity index (χ1n) is 8.84. The fourth-order valence-electron chi connectivity index (χ4n) is 2.89. The zero-order valence-corrected chi connectivity index (χ0v) is 16.0. The first-order valence-corrected chi connectivity index (χ1v) is 8.84. The Morgan fingerprint density at radius 3 is 1.12 bits per heavy atom. The molecule has 3 aromatic rings. The van der Waals surface area contributed by atoms with Crippen LogP contribution in [0.2, 0.25) is 0 Å². The van der Waals surface area contributed by atoms with E-state index >= 15 is 0 Å². The zero-order chi connectivity index (χ0) is 23.4. The van der Waals surface area contributed by atoms with E-state index in [0.29, 0.717) is 0 Å². The summed E-state index contributed by atoms with van der Waals surface area (Å²) in [6.07, 6.45) is 0. The lowest BCUT2D eigenvalue weighted by Gasteiger charge is -2.16. The second-order valence-corrected chi connectivity index (χ2v) is 6.23. The molecule has 0 aliphatic heterocycles. The molecule has 0 aromatic heterocycles. The first-order chi connectivity index (χ1) is 15.2. The van der Waals surface area contributed by atoms with Gasteiger partial charge in [0.15, 0.2) is 11.5 Å². The number of rotatable bonds is 8. The Kier molecular flexibility index (Phi) is 6.06. The van der Waals surface area contributed by atoms with E-state index in [-0.39, 0.29) is 23.0 Å². The van der Waals surface area contributed by atoms with Crippen molar-refractivity contribution in [3.63, 3.8) is 0 Å². The maximum atomic E-state index is 11.6. The third kappa shape index (κ3) is 4.33. The highest BCUT2D eigenvalue weighted by molar-refractivity contribution is 6.04. The first kappa shape index (κ1) is 21.8. The van der Waals surface area contributed by atoms with Crippen LogP contribution in [-0.2, 0) is 0 Å². The molecule has 10 heteroatoms. The van der Waals surface area contributed by atoms with Crippen LogP contribution in [0.1, 0.15) is 41.4 Å². The van der Waals surface area contributed by atoms with Gasteiger partial charge in [0.25, 0.3) is 0 Å². The second-order valence-electron chi connectivity index (χ2n) is 6.23. The van der Waals surface area contributed by atoms with Crippen LogP contribution in [0.3, 0.4) is 0 Å². The van der Waals surface area contributed by atoms with E-state index in [9.17, 15) is 39.6 Å². The van der Waals surface area contributed by atoms with Crippen LogP contribution in [0, 0.1) is 0 Å². The third-order valence-electron chi connectivity index (χ3n) is 4.23. The Bertz CT molecular complexity index is 1150. The molecule has 3 rings (SSSR count). The summed E-state index contributed by atoms with van der Waals surface area (Å²) in [4.78, 5) is 46.0. The van der Waals surface area contributed by atoms with Crippen molar-refractivity contribution in [3.05, 3.63) is 82.9 Å². The molecule has 4 N–H and O–H groups in total. The molecule has 0 saturated heterocycles. The van der Waals surface area contributed by atoms with Gasteiger partial charge in [-0.2, -0.15) is 0 Å². The van der Waals surface area contributed by atoms with Crippen molar-refractivity contribution in [2.75, 3.05) is 0 Å². The average molecular weight is 438 g/mol. The minimum absolute atomic E-state index is 0.0606. The topological polar surface area (TPSA) is 168 Å². The van der Waals surface area contributed by atoms with Gasteiger partial charge in [-0.05, 0) is 36.4 Å². The molecule has 0 bridgehead atoms. The summed E-state index contributed by atoms with van der Waals surface area (Å²) in [6.45, 7) is 0. The lowest BCUT2D eigenvalue weighted by Crippen LogP contribution is -2.10. The molecule has 0 spiro atoms. The van der Waals surface area contributed by atoms with Gasteiger partial charge in [-0.1, -0.05) is 24.3 Å². The Labute approximate surface area is 179 Å². The van der Waals surface area contributed by atoms with Crippen molar-refractivity contribution < 1.29 is 49.1 Å². The Morgan fingerprint density at radius 1 is 0.469 bits per heavy atom. The van der Waals surface area contributed by atoms with Gasteiger partial charge in [0.05, 0.1) is 11.1 Å². The molecule has 32 heavy (non-hydrogen) atoms. The fraction of sp³-hybridized carbons (Fsp3) is 0. The van der Waals surface area contributed by atoms with Crippen molar-refractivity contribution in [1.82, 2.24) is 0 Å². The standard InChI is InChI=1S/C22H14O10/c23-19(24)11-5-3-9-15(17(11)21(27)28)31-13-7-1-2-8-14(13)32-16-10-4-6-12(20(25)26)18(16)22(29)30/h1-10H,(H,23,24)(H,25,26)(H,27,28)(H,29,30). The van der Waals surface area contributed by atoms with E-state index in [0.717, 1.165) is 12.1 Å². The van der Waals surface area contributed by atoms with Gasteiger partial charge < -0.3 is 29.9 Å². The van der Waals surface area contributed by atoms with E-state index in [2.05, 4.69) is 0 Å². The number of hydrogen-bond donors (Lipinski definition) is 4. The second kappa shape index (κ2) is 8.88.